The smallest absolute Gasteiger partial charge is 0.135 e. The Hall–Kier alpha value is -1.69. The molecule has 0 fully saturated rings. The summed E-state index contributed by atoms with van der Waals surface area (Å²) in [4.78, 5) is 0. The second kappa shape index (κ2) is 6.85. The Kier molecular flexibility index (Phi) is 4.65. The van der Waals surface area contributed by atoms with Crippen LogP contribution in [0.4, 0.5) is 5.69 Å². The predicted molar refractivity (Wildman–Crippen MR) is 90.7 cm³/mol. The minimum absolute atomic E-state index is 0.844. The molecule has 0 amide bonds. The van der Waals surface area contributed by atoms with Crippen molar-refractivity contribution in [1.82, 2.24) is 5.32 Å². The molecule has 3 nitrogen and oxygen atoms in total. The van der Waals surface area contributed by atoms with Crippen molar-refractivity contribution >= 4 is 29.0 Å². The Morgan fingerprint density at radius 2 is 2.14 bits per heavy atom. The third kappa shape index (κ3) is 3.50. The van der Waals surface area contributed by atoms with Crippen molar-refractivity contribution in [3.8, 4) is 11.3 Å². The molecule has 0 spiro atoms. The first kappa shape index (κ1) is 14.3. The fraction of sp³-hybridized carbons (Fsp3) is 0.125. The van der Waals surface area contributed by atoms with Crippen LogP contribution in [0.1, 0.15) is 5.56 Å². The summed E-state index contributed by atoms with van der Waals surface area (Å²) in [5.41, 5.74) is 3.38. The summed E-state index contributed by atoms with van der Waals surface area (Å²) < 4.78 is 10.2. The highest BCUT2D eigenvalue weighted by atomic mass is 32.2. The van der Waals surface area contributed by atoms with Crippen LogP contribution in [-0.2, 0) is 6.54 Å². The van der Waals surface area contributed by atoms with Crippen LogP contribution in [-0.4, -0.2) is 7.05 Å². The Morgan fingerprint density at radius 1 is 1.19 bits per heavy atom. The summed E-state index contributed by atoms with van der Waals surface area (Å²) in [6, 6.07) is 14.4. The maximum absolute atomic E-state index is 5.53. The standard InChI is InChI=1S/C16H16N2OS2/c1-17-11-12-6-7-13(15-4-2-8-19-15)14(10-12)18-21-16-5-3-9-20-16/h2-10,17-18H,11H2,1H3. The summed E-state index contributed by atoms with van der Waals surface area (Å²) in [5.74, 6) is 0.875. The van der Waals surface area contributed by atoms with Gasteiger partial charge in [0.05, 0.1) is 16.2 Å². The Bertz CT molecular complexity index is 678. The quantitative estimate of drug-likeness (QED) is 0.638. The Labute approximate surface area is 132 Å². The zero-order valence-corrected chi connectivity index (χ0v) is 13.3. The minimum atomic E-state index is 0.844. The molecule has 0 atom stereocenters. The van der Waals surface area contributed by atoms with E-state index in [1.165, 1.54) is 9.77 Å². The molecule has 108 valence electrons. The number of rotatable bonds is 6. The van der Waals surface area contributed by atoms with Crippen molar-refractivity contribution in [3.05, 3.63) is 59.7 Å². The van der Waals surface area contributed by atoms with Crippen LogP contribution in [0, 0.1) is 0 Å². The first-order valence-electron chi connectivity index (χ1n) is 6.64. The lowest BCUT2D eigenvalue weighted by atomic mass is 10.1. The molecule has 2 N–H and O–H groups in total. The van der Waals surface area contributed by atoms with Gasteiger partial charge in [0.15, 0.2) is 0 Å². The fourth-order valence-corrected chi connectivity index (χ4v) is 3.52. The largest absolute Gasteiger partial charge is 0.464 e. The van der Waals surface area contributed by atoms with E-state index in [1.807, 2.05) is 19.2 Å². The molecule has 2 aromatic heterocycles. The normalized spacial score (nSPS) is 10.7. The van der Waals surface area contributed by atoms with Crippen LogP contribution in [0.3, 0.4) is 0 Å². The van der Waals surface area contributed by atoms with Crippen LogP contribution in [0.5, 0.6) is 0 Å². The van der Waals surface area contributed by atoms with Gasteiger partial charge in [-0.3, -0.25) is 0 Å². The number of hydrogen-bond donors (Lipinski definition) is 2. The van der Waals surface area contributed by atoms with Crippen molar-refractivity contribution in [2.75, 3.05) is 11.8 Å². The van der Waals surface area contributed by atoms with Gasteiger partial charge in [0.1, 0.15) is 5.76 Å². The van der Waals surface area contributed by atoms with Crippen molar-refractivity contribution in [1.29, 1.82) is 0 Å². The number of anilines is 1. The lowest BCUT2D eigenvalue weighted by Gasteiger charge is -2.11. The number of nitrogens with one attached hydrogen (secondary N) is 2. The maximum Gasteiger partial charge on any atom is 0.135 e. The van der Waals surface area contributed by atoms with Gasteiger partial charge in [-0.05, 0) is 60.3 Å². The average Bonchev–Trinajstić information content (AvgIpc) is 3.19. The summed E-state index contributed by atoms with van der Waals surface area (Å²) in [7, 11) is 1.95. The lowest BCUT2D eigenvalue weighted by Crippen LogP contribution is -2.05. The van der Waals surface area contributed by atoms with E-state index in [0.717, 1.165) is 23.6 Å². The first-order valence-corrected chi connectivity index (χ1v) is 8.34. The van der Waals surface area contributed by atoms with Crippen molar-refractivity contribution in [3.63, 3.8) is 0 Å². The summed E-state index contributed by atoms with van der Waals surface area (Å²) in [5, 5.41) is 5.26. The van der Waals surface area contributed by atoms with E-state index in [2.05, 4.69) is 45.8 Å². The number of furan rings is 1. The predicted octanol–water partition coefficient (Wildman–Crippen LogP) is 4.85. The van der Waals surface area contributed by atoms with E-state index in [-0.39, 0.29) is 0 Å². The molecule has 0 saturated heterocycles. The SMILES string of the molecule is CNCc1ccc(-c2ccco2)c(NSc2cccs2)c1. The zero-order valence-electron chi connectivity index (χ0n) is 11.6. The first-order chi connectivity index (χ1) is 10.4. The maximum atomic E-state index is 5.53. The topological polar surface area (TPSA) is 37.2 Å². The Morgan fingerprint density at radius 3 is 2.86 bits per heavy atom. The monoisotopic (exact) mass is 316 g/mol. The number of hydrogen-bond acceptors (Lipinski definition) is 5. The summed E-state index contributed by atoms with van der Waals surface area (Å²) >= 11 is 3.35. The highest BCUT2D eigenvalue weighted by molar-refractivity contribution is 8.02. The molecular weight excluding hydrogens is 300 g/mol. The molecule has 0 unspecified atom stereocenters. The van der Waals surface area contributed by atoms with E-state index in [1.54, 1.807) is 29.5 Å². The highest BCUT2D eigenvalue weighted by Crippen LogP contribution is 2.33. The molecule has 2 heterocycles. The van der Waals surface area contributed by atoms with Crippen LogP contribution < -0.4 is 10.0 Å². The highest BCUT2D eigenvalue weighted by Gasteiger charge is 2.09. The van der Waals surface area contributed by atoms with E-state index < -0.39 is 0 Å². The number of thiophene rings is 1. The van der Waals surface area contributed by atoms with E-state index in [0.29, 0.717) is 0 Å². The third-order valence-corrected chi connectivity index (χ3v) is 4.87. The van der Waals surface area contributed by atoms with Gasteiger partial charge in [0.2, 0.25) is 0 Å². The van der Waals surface area contributed by atoms with E-state index >= 15 is 0 Å². The van der Waals surface area contributed by atoms with Gasteiger partial charge in [0, 0.05) is 12.1 Å². The summed E-state index contributed by atoms with van der Waals surface area (Å²) in [6.07, 6.45) is 1.70. The average molecular weight is 316 g/mol. The van der Waals surface area contributed by atoms with Gasteiger partial charge in [-0.1, -0.05) is 12.1 Å². The van der Waals surface area contributed by atoms with Gasteiger partial charge in [0.25, 0.3) is 0 Å². The van der Waals surface area contributed by atoms with E-state index in [9.17, 15) is 0 Å². The molecule has 5 heteroatoms. The molecule has 0 saturated carbocycles. The molecule has 1 aromatic carbocycles. The van der Waals surface area contributed by atoms with E-state index in [4.69, 9.17) is 4.42 Å². The number of benzene rings is 1. The molecule has 3 rings (SSSR count). The van der Waals surface area contributed by atoms with Crippen LogP contribution >= 0.6 is 23.3 Å². The summed E-state index contributed by atoms with van der Waals surface area (Å²) in [6.45, 7) is 0.844. The second-order valence-corrected chi connectivity index (χ2v) is 6.58. The van der Waals surface area contributed by atoms with Gasteiger partial charge < -0.3 is 14.5 Å². The van der Waals surface area contributed by atoms with Gasteiger partial charge in [-0.25, -0.2) is 0 Å². The van der Waals surface area contributed by atoms with Crippen molar-refractivity contribution in [2.24, 2.45) is 0 Å². The van der Waals surface area contributed by atoms with Crippen LogP contribution in [0.2, 0.25) is 0 Å². The minimum Gasteiger partial charge on any atom is -0.464 e. The Balaban J connectivity index is 1.88. The zero-order chi connectivity index (χ0) is 14.5. The molecule has 3 aromatic rings. The van der Waals surface area contributed by atoms with Crippen molar-refractivity contribution < 1.29 is 4.42 Å². The van der Waals surface area contributed by atoms with Crippen molar-refractivity contribution in [2.45, 2.75) is 10.8 Å². The van der Waals surface area contributed by atoms with Gasteiger partial charge >= 0.3 is 0 Å². The third-order valence-electron chi connectivity index (χ3n) is 3.01. The molecule has 0 aliphatic rings. The molecule has 0 radical (unpaired) electrons. The van der Waals surface area contributed by atoms with Gasteiger partial charge in [-0.15, -0.1) is 11.3 Å². The second-order valence-electron chi connectivity index (χ2n) is 4.52. The molecule has 0 bridgehead atoms. The molecule has 0 aliphatic heterocycles. The van der Waals surface area contributed by atoms with Crippen LogP contribution in [0.25, 0.3) is 11.3 Å². The molecule has 0 aliphatic carbocycles. The lowest BCUT2D eigenvalue weighted by molar-refractivity contribution is 0.582. The van der Waals surface area contributed by atoms with Gasteiger partial charge in [-0.2, -0.15) is 0 Å². The molecule has 21 heavy (non-hydrogen) atoms. The fourth-order valence-electron chi connectivity index (χ4n) is 2.06. The van der Waals surface area contributed by atoms with Crippen LogP contribution in [0.15, 0.2) is 62.7 Å². The molecular formula is C16H16N2OS2.